The smallest absolute Gasteiger partial charge is 0.438 e. The summed E-state index contributed by atoms with van der Waals surface area (Å²) in [5.41, 5.74) is 0. The molecule has 6 nitrogen and oxygen atoms in total. The molecule has 13 heavy (non-hydrogen) atoms. The van der Waals surface area contributed by atoms with Gasteiger partial charge in [0.25, 0.3) is 0 Å². The predicted octanol–water partition coefficient (Wildman–Crippen LogP) is 1.07. The van der Waals surface area contributed by atoms with Crippen LogP contribution in [-0.2, 0) is 23.4 Å². The summed E-state index contributed by atoms with van der Waals surface area (Å²) in [5, 5.41) is 0. The van der Waals surface area contributed by atoms with Gasteiger partial charge < -0.3 is 9.47 Å². The summed E-state index contributed by atoms with van der Waals surface area (Å²) in [6.45, 7) is 1.14. The first kappa shape index (κ1) is 12.0. The van der Waals surface area contributed by atoms with Crippen LogP contribution in [0.4, 0.5) is 4.79 Å². The summed E-state index contributed by atoms with van der Waals surface area (Å²) in [5.74, 6) is -1.96. The van der Waals surface area contributed by atoms with E-state index in [1.54, 1.807) is 0 Å². The summed E-state index contributed by atoms with van der Waals surface area (Å²) in [4.78, 5) is 21.4. The minimum atomic E-state index is -2.34. The van der Waals surface area contributed by atoms with Gasteiger partial charge in [-0.05, 0) is 4.57 Å². The molecule has 0 spiro atoms. The lowest BCUT2D eigenvalue weighted by atomic mass is 10.5. The van der Waals surface area contributed by atoms with Crippen LogP contribution in [0.5, 0.6) is 0 Å². The average molecular weight is 209 g/mol. The molecule has 0 N–H and O–H groups in total. The van der Waals surface area contributed by atoms with Crippen LogP contribution in [-0.4, -0.2) is 32.0 Å². The van der Waals surface area contributed by atoms with Gasteiger partial charge in [0.05, 0.1) is 14.2 Å². The first-order chi connectivity index (χ1) is 6.02. The van der Waals surface area contributed by atoms with E-state index in [2.05, 4.69) is 14.0 Å². The van der Waals surface area contributed by atoms with E-state index in [0.717, 1.165) is 21.1 Å². The number of ether oxygens (including phenoxy) is 2. The Morgan fingerprint density at radius 3 is 2.15 bits per heavy atom. The van der Waals surface area contributed by atoms with E-state index in [4.69, 9.17) is 0 Å². The van der Waals surface area contributed by atoms with Crippen molar-refractivity contribution in [2.75, 3.05) is 14.2 Å². The molecule has 2 unspecified atom stereocenters. The normalized spacial score (nSPS) is 13.0. The van der Waals surface area contributed by atoms with E-state index in [1.165, 1.54) is 0 Å². The highest BCUT2D eigenvalue weighted by Crippen LogP contribution is 2.29. The van der Waals surface area contributed by atoms with Crippen molar-refractivity contribution in [3.8, 4) is 0 Å². The highest BCUT2D eigenvalue weighted by molar-refractivity contribution is 7.41. The topological polar surface area (TPSA) is 78.9 Å². The number of carbonyl (C=O) groups excluding carboxylic acids is 2. The molecule has 0 heterocycles. The molecule has 0 rings (SSSR count). The number of hydrogen-bond acceptors (Lipinski definition) is 6. The van der Waals surface area contributed by atoms with Crippen LogP contribution in [0.15, 0.2) is 0 Å². The third-order valence-corrected chi connectivity index (χ3v) is 2.31. The summed E-state index contributed by atoms with van der Waals surface area (Å²) in [6.07, 6.45) is -1.07. The molecule has 0 fully saturated rings. The molecule has 0 aromatic heterocycles. The van der Waals surface area contributed by atoms with Gasteiger partial charge in [-0.1, -0.05) is 0 Å². The van der Waals surface area contributed by atoms with Gasteiger partial charge in [0.2, 0.25) is 5.78 Å². The van der Waals surface area contributed by atoms with Crippen molar-refractivity contribution < 1.29 is 28.2 Å². The summed E-state index contributed by atoms with van der Waals surface area (Å²) in [6, 6.07) is 0. The van der Waals surface area contributed by atoms with Crippen LogP contribution in [0, 0.1) is 0 Å². The van der Waals surface area contributed by atoms with E-state index in [1.807, 2.05) is 0 Å². The lowest BCUT2D eigenvalue weighted by Gasteiger charge is -2.02. The molecule has 7 heteroatoms. The molecule has 74 valence electrons. The third-order valence-electron chi connectivity index (χ3n) is 1.09. The fourth-order valence-electron chi connectivity index (χ4n) is 0.509. The zero-order chi connectivity index (χ0) is 10.4. The predicted molar refractivity (Wildman–Crippen MR) is 42.6 cm³/mol. The fourth-order valence-corrected chi connectivity index (χ4v) is 1.17. The molecule has 0 aromatic carbocycles. The lowest BCUT2D eigenvalue weighted by Crippen LogP contribution is -2.22. The second kappa shape index (κ2) is 5.61. The number of hydrogen-bond donors (Lipinski definition) is 0. The second-order valence-electron chi connectivity index (χ2n) is 2.00. The Morgan fingerprint density at radius 2 is 1.85 bits per heavy atom. The Labute approximate surface area is 76.0 Å². The van der Waals surface area contributed by atoms with Crippen LogP contribution in [0.1, 0.15) is 6.92 Å². The van der Waals surface area contributed by atoms with Gasteiger partial charge in [-0.15, -0.1) is 4.52 Å². The van der Waals surface area contributed by atoms with Crippen LogP contribution in [0.2, 0.25) is 0 Å². The Balaban J connectivity index is 4.35. The standard InChI is InChI=1S/C6H10O6P/c1-4(7)5(13(9)11-3)12-6(8)10-2/h5H,1-3H3/q+1. The zero-order valence-electron chi connectivity index (χ0n) is 7.47. The maximum atomic E-state index is 11.0. The minimum absolute atomic E-state index is 0.562. The Kier molecular flexibility index (Phi) is 5.18. The molecule has 0 aromatic rings. The Hall–Kier alpha value is -1.00. The molecule has 0 saturated carbocycles. The number of rotatable bonds is 4. The van der Waals surface area contributed by atoms with E-state index in [-0.39, 0.29) is 0 Å². The van der Waals surface area contributed by atoms with Crippen LogP contribution < -0.4 is 0 Å². The number of methoxy groups -OCH3 is 1. The average Bonchev–Trinajstić information content (AvgIpc) is 2.11. The van der Waals surface area contributed by atoms with Gasteiger partial charge in [0.15, 0.2) is 0 Å². The lowest BCUT2D eigenvalue weighted by molar-refractivity contribution is -0.122. The van der Waals surface area contributed by atoms with Crippen LogP contribution >= 0.6 is 8.03 Å². The van der Waals surface area contributed by atoms with Gasteiger partial charge >= 0.3 is 20.0 Å². The van der Waals surface area contributed by atoms with Crippen LogP contribution in [0.3, 0.4) is 0 Å². The summed E-state index contributed by atoms with van der Waals surface area (Å²) in [7, 11) is -0.111. The van der Waals surface area contributed by atoms with E-state index in [9.17, 15) is 14.2 Å². The molecule has 0 aliphatic rings. The van der Waals surface area contributed by atoms with Crippen molar-refractivity contribution in [3.05, 3.63) is 0 Å². The monoisotopic (exact) mass is 209 g/mol. The Bertz CT molecular complexity index is 225. The zero-order valence-corrected chi connectivity index (χ0v) is 8.37. The first-order valence-electron chi connectivity index (χ1n) is 3.28. The maximum absolute atomic E-state index is 11.0. The minimum Gasteiger partial charge on any atom is -0.438 e. The van der Waals surface area contributed by atoms with Crippen molar-refractivity contribution >= 4 is 20.0 Å². The third kappa shape index (κ3) is 3.96. The maximum Gasteiger partial charge on any atom is 0.562 e. The molecule has 0 bridgehead atoms. The van der Waals surface area contributed by atoms with E-state index >= 15 is 0 Å². The van der Waals surface area contributed by atoms with E-state index in [0.29, 0.717) is 0 Å². The molecule has 0 aliphatic carbocycles. The molecule has 0 saturated heterocycles. The largest absolute Gasteiger partial charge is 0.562 e. The number of Topliss-reactive ketones (excluding diaryl/α,β-unsaturated/α-hetero) is 1. The Morgan fingerprint density at radius 1 is 1.31 bits per heavy atom. The second-order valence-corrected chi connectivity index (χ2v) is 3.41. The van der Waals surface area contributed by atoms with Gasteiger partial charge in [-0.2, -0.15) is 0 Å². The molecule has 2 atom stereocenters. The molecule has 0 aliphatic heterocycles. The van der Waals surface area contributed by atoms with Gasteiger partial charge in [-0.3, -0.25) is 4.79 Å². The van der Waals surface area contributed by atoms with Gasteiger partial charge in [0.1, 0.15) is 0 Å². The van der Waals surface area contributed by atoms with Gasteiger partial charge in [0, 0.05) is 6.92 Å². The first-order valence-corrected chi connectivity index (χ1v) is 4.53. The quantitative estimate of drug-likeness (QED) is 0.509. The van der Waals surface area contributed by atoms with Crippen molar-refractivity contribution in [2.45, 2.75) is 12.8 Å². The molecular weight excluding hydrogens is 199 g/mol. The highest BCUT2D eigenvalue weighted by atomic mass is 31.1. The molecule has 0 radical (unpaired) electrons. The van der Waals surface area contributed by atoms with Crippen molar-refractivity contribution in [3.63, 3.8) is 0 Å². The molecule has 0 amide bonds. The highest BCUT2D eigenvalue weighted by Gasteiger charge is 2.40. The fraction of sp³-hybridized carbons (Fsp3) is 0.667. The summed E-state index contributed by atoms with van der Waals surface area (Å²) < 4.78 is 23.9. The van der Waals surface area contributed by atoms with Crippen molar-refractivity contribution in [1.82, 2.24) is 0 Å². The van der Waals surface area contributed by atoms with Crippen molar-refractivity contribution in [2.24, 2.45) is 0 Å². The van der Waals surface area contributed by atoms with Crippen molar-refractivity contribution in [1.29, 1.82) is 0 Å². The van der Waals surface area contributed by atoms with Gasteiger partial charge in [-0.25, -0.2) is 4.79 Å². The summed E-state index contributed by atoms with van der Waals surface area (Å²) >= 11 is 0. The molecular formula is C6H10O6P+. The van der Waals surface area contributed by atoms with E-state index < -0.39 is 25.8 Å². The number of ketones is 1. The van der Waals surface area contributed by atoms with Crippen LogP contribution in [0.25, 0.3) is 0 Å². The SMILES string of the molecule is COC(=O)OC(C(C)=O)[P+](=O)OC. The number of carbonyl (C=O) groups is 2.